The van der Waals surface area contributed by atoms with Gasteiger partial charge in [0.25, 0.3) is 5.56 Å². The van der Waals surface area contributed by atoms with Crippen LogP contribution in [0.1, 0.15) is 43.5 Å². The largest absolute Gasteiger partial charge is 0.366 e. The summed E-state index contributed by atoms with van der Waals surface area (Å²) in [5.41, 5.74) is 2.50. The van der Waals surface area contributed by atoms with Gasteiger partial charge in [0.15, 0.2) is 5.79 Å². The van der Waals surface area contributed by atoms with Crippen molar-refractivity contribution in [2.75, 3.05) is 0 Å². The molecule has 5 heteroatoms. The normalized spacial score (nSPS) is 18.9. The van der Waals surface area contributed by atoms with Crippen LogP contribution in [0.2, 0.25) is 0 Å². The molecule has 0 spiro atoms. The Balaban J connectivity index is 1.75. The topological polar surface area (TPSA) is 75.4 Å². The van der Waals surface area contributed by atoms with Crippen molar-refractivity contribution < 1.29 is 10.2 Å². The monoisotopic (exact) mass is 336 g/mol. The highest BCUT2D eigenvalue weighted by Crippen LogP contribution is 2.21. The fraction of sp³-hybridized carbons (Fsp3) is 0.400. The van der Waals surface area contributed by atoms with Crippen molar-refractivity contribution in [1.82, 2.24) is 9.55 Å². The molecule has 0 saturated heterocycles. The average Bonchev–Trinajstić information content (AvgIpc) is 3.05. The number of allylic oxidation sites excluding steroid dienone is 2. The van der Waals surface area contributed by atoms with Gasteiger partial charge in [0.1, 0.15) is 5.82 Å². The SMILES string of the molecule is O=c1c2ccc(C#CC3=CCCC3)cc2nc2n1CCC(O)(O)CC2. The van der Waals surface area contributed by atoms with E-state index in [0.717, 1.165) is 18.4 Å². The molecule has 0 radical (unpaired) electrons. The minimum atomic E-state index is -1.74. The number of aryl methyl sites for hydroxylation is 1. The van der Waals surface area contributed by atoms with E-state index in [0.29, 0.717) is 23.1 Å². The maximum absolute atomic E-state index is 12.7. The minimum absolute atomic E-state index is 0.129. The summed E-state index contributed by atoms with van der Waals surface area (Å²) < 4.78 is 1.56. The Kier molecular flexibility index (Phi) is 3.95. The van der Waals surface area contributed by atoms with Crippen LogP contribution < -0.4 is 5.56 Å². The molecule has 0 unspecified atom stereocenters. The Morgan fingerprint density at radius 2 is 2.04 bits per heavy atom. The highest BCUT2D eigenvalue weighted by atomic mass is 16.5. The molecule has 2 heterocycles. The zero-order valence-corrected chi connectivity index (χ0v) is 14.0. The molecule has 0 amide bonds. The molecule has 4 rings (SSSR count). The fourth-order valence-electron chi connectivity index (χ4n) is 3.43. The zero-order valence-electron chi connectivity index (χ0n) is 14.0. The van der Waals surface area contributed by atoms with Crippen LogP contribution in [0.15, 0.2) is 34.6 Å². The molecule has 5 nitrogen and oxygen atoms in total. The van der Waals surface area contributed by atoms with E-state index < -0.39 is 5.79 Å². The number of nitrogens with zero attached hydrogens (tertiary/aromatic N) is 2. The third kappa shape index (κ3) is 3.23. The number of aliphatic hydroxyl groups is 2. The lowest BCUT2D eigenvalue weighted by molar-refractivity contribution is -0.169. The first-order chi connectivity index (χ1) is 12.0. The lowest BCUT2D eigenvalue weighted by Crippen LogP contribution is -2.29. The Morgan fingerprint density at radius 1 is 1.16 bits per heavy atom. The van der Waals surface area contributed by atoms with Gasteiger partial charge in [-0.25, -0.2) is 4.98 Å². The first kappa shape index (κ1) is 16.1. The predicted octanol–water partition coefficient (Wildman–Crippen LogP) is 1.88. The molecular weight excluding hydrogens is 316 g/mol. The van der Waals surface area contributed by atoms with Gasteiger partial charge in [0, 0.05) is 31.4 Å². The van der Waals surface area contributed by atoms with Crippen LogP contribution in [-0.4, -0.2) is 25.6 Å². The summed E-state index contributed by atoms with van der Waals surface area (Å²) >= 11 is 0. The van der Waals surface area contributed by atoms with Gasteiger partial charge in [-0.05, 0) is 43.0 Å². The van der Waals surface area contributed by atoms with E-state index in [1.807, 2.05) is 12.1 Å². The van der Waals surface area contributed by atoms with E-state index in [1.54, 1.807) is 10.6 Å². The standard InChI is InChI=1S/C20H20N2O3/c23-19-16-8-7-15(6-5-14-3-1-2-4-14)13-17(16)21-18-9-10-20(24,25)11-12-22(18)19/h3,7-8,13,24-25H,1-2,4,9-12H2. The molecule has 0 atom stereocenters. The summed E-state index contributed by atoms with van der Waals surface area (Å²) in [6.07, 6.45) is 6.16. The van der Waals surface area contributed by atoms with Crippen LogP contribution in [0.5, 0.6) is 0 Å². The van der Waals surface area contributed by atoms with Crippen LogP contribution in [0.3, 0.4) is 0 Å². The molecule has 2 aliphatic rings. The van der Waals surface area contributed by atoms with E-state index in [-0.39, 0.29) is 24.9 Å². The third-order valence-corrected chi connectivity index (χ3v) is 4.93. The van der Waals surface area contributed by atoms with Crippen molar-refractivity contribution >= 4 is 10.9 Å². The number of rotatable bonds is 0. The zero-order chi connectivity index (χ0) is 17.4. The van der Waals surface area contributed by atoms with E-state index >= 15 is 0 Å². The maximum Gasteiger partial charge on any atom is 0.261 e. The van der Waals surface area contributed by atoms with Crippen LogP contribution in [0.25, 0.3) is 10.9 Å². The summed E-state index contributed by atoms with van der Waals surface area (Å²) in [5.74, 6) is 5.22. The molecule has 1 aliphatic heterocycles. The van der Waals surface area contributed by atoms with Gasteiger partial charge in [-0.1, -0.05) is 17.9 Å². The molecule has 1 aromatic heterocycles. The minimum Gasteiger partial charge on any atom is -0.366 e. The highest BCUT2D eigenvalue weighted by molar-refractivity contribution is 5.79. The van der Waals surface area contributed by atoms with Crippen LogP contribution >= 0.6 is 0 Å². The Labute approximate surface area is 145 Å². The quantitative estimate of drug-likeness (QED) is 0.569. The number of benzene rings is 1. The Bertz CT molecular complexity index is 990. The second kappa shape index (κ2) is 6.14. The van der Waals surface area contributed by atoms with Gasteiger partial charge in [0.2, 0.25) is 0 Å². The lowest BCUT2D eigenvalue weighted by Gasteiger charge is -2.17. The summed E-state index contributed by atoms with van der Waals surface area (Å²) in [6, 6.07) is 5.46. The molecule has 0 fully saturated rings. The third-order valence-electron chi connectivity index (χ3n) is 4.93. The smallest absolute Gasteiger partial charge is 0.261 e. The van der Waals surface area contributed by atoms with Crippen molar-refractivity contribution in [1.29, 1.82) is 0 Å². The average molecular weight is 336 g/mol. The van der Waals surface area contributed by atoms with Gasteiger partial charge in [-0.15, -0.1) is 0 Å². The molecule has 2 aromatic rings. The van der Waals surface area contributed by atoms with Crippen LogP contribution in [-0.2, 0) is 13.0 Å². The number of aromatic nitrogens is 2. The lowest BCUT2D eigenvalue weighted by atomic mass is 10.1. The van der Waals surface area contributed by atoms with Gasteiger partial charge in [-0.2, -0.15) is 0 Å². The molecule has 0 bridgehead atoms. The fourth-order valence-corrected chi connectivity index (χ4v) is 3.43. The molecule has 2 N–H and O–H groups in total. The summed E-state index contributed by atoms with van der Waals surface area (Å²) in [7, 11) is 0. The first-order valence-electron chi connectivity index (χ1n) is 8.71. The predicted molar refractivity (Wildman–Crippen MR) is 94.9 cm³/mol. The van der Waals surface area contributed by atoms with Crippen molar-refractivity contribution in [2.24, 2.45) is 0 Å². The summed E-state index contributed by atoms with van der Waals surface area (Å²) in [4.78, 5) is 17.3. The second-order valence-electron chi connectivity index (χ2n) is 6.82. The first-order valence-corrected chi connectivity index (χ1v) is 8.71. The molecule has 128 valence electrons. The molecular formula is C20H20N2O3. The van der Waals surface area contributed by atoms with Crippen molar-refractivity contribution in [3.8, 4) is 11.8 Å². The number of fused-ring (bicyclic) bond motifs is 2. The van der Waals surface area contributed by atoms with Crippen molar-refractivity contribution in [3.05, 3.63) is 51.6 Å². The molecule has 1 aromatic carbocycles. The van der Waals surface area contributed by atoms with Crippen LogP contribution in [0.4, 0.5) is 0 Å². The van der Waals surface area contributed by atoms with E-state index in [2.05, 4.69) is 22.9 Å². The van der Waals surface area contributed by atoms with E-state index in [9.17, 15) is 15.0 Å². The van der Waals surface area contributed by atoms with E-state index in [4.69, 9.17) is 0 Å². The van der Waals surface area contributed by atoms with Crippen molar-refractivity contribution in [3.63, 3.8) is 0 Å². The van der Waals surface area contributed by atoms with Crippen molar-refractivity contribution in [2.45, 2.75) is 50.9 Å². The summed E-state index contributed by atoms with van der Waals surface area (Å²) in [6.45, 7) is 0.264. The molecule has 0 saturated carbocycles. The van der Waals surface area contributed by atoms with Gasteiger partial charge >= 0.3 is 0 Å². The summed E-state index contributed by atoms with van der Waals surface area (Å²) in [5, 5.41) is 20.3. The van der Waals surface area contributed by atoms with Crippen LogP contribution in [0, 0.1) is 11.8 Å². The van der Waals surface area contributed by atoms with Gasteiger partial charge in [-0.3, -0.25) is 9.36 Å². The Morgan fingerprint density at radius 3 is 2.84 bits per heavy atom. The molecule has 1 aliphatic carbocycles. The molecule has 25 heavy (non-hydrogen) atoms. The number of hydrogen-bond donors (Lipinski definition) is 2. The maximum atomic E-state index is 12.7. The van der Waals surface area contributed by atoms with Gasteiger partial charge < -0.3 is 10.2 Å². The van der Waals surface area contributed by atoms with Gasteiger partial charge in [0.05, 0.1) is 10.9 Å². The second-order valence-corrected chi connectivity index (χ2v) is 6.82. The highest BCUT2D eigenvalue weighted by Gasteiger charge is 2.28. The number of hydrogen-bond acceptors (Lipinski definition) is 4. The Hall–Kier alpha value is -2.42. The van der Waals surface area contributed by atoms with E-state index in [1.165, 1.54) is 12.0 Å².